The molecule has 1 fully saturated rings. The number of hydrogen-bond acceptors (Lipinski definition) is 3. The molecule has 1 saturated heterocycles. The van der Waals surface area contributed by atoms with Gasteiger partial charge in [-0.15, -0.1) is 0 Å². The molecule has 0 radical (unpaired) electrons. The van der Waals surface area contributed by atoms with Gasteiger partial charge in [0.15, 0.2) is 0 Å². The van der Waals surface area contributed by atoms with Crippen molar-refractivity contribution in [1.82, 2.24) is 0 Å². The molecule has 2 aromatic rings. The monoisotopic (exact) mass is 452 g/mol. The number of anilines is 1. The highest BCUT2D eigenvalue weighted by molar-refractivity contribution is 6.51. The smallest absolute Gasteiger partial charge is 0.416 e. The Balaban J connectivity index is 1.73. The molecule has 0 spiro atoms. The number of halogens is 3. The number of hydrogen-bond donors (Lipinski definition) is 0. The van der Waals surface area contributed by atoms with Crippen molar-refractivity contribution in [2.75, 3.05) is 11.5 Å². The Kier molecular flexibility index (Phi) is 6.49. The van der Waals surface area contributed by atoms with E-state index in [1.807, 2.05) is 24.3 Å². The van der Waals surface area contributed by atoms with Crippen molar-refractivity contribution in [2.45, 2.75) is 32.4 Å². The minimum Gasteiger partial charge on any atom is -0.494 e. The van der Waals surface area contributed by atoms with Crippen LogP contribution in [0.3, 0.4) is 0 Å². The average Bonchev–Trinajstić information content (AvgIpc) is 3.00. The zero-order valence-electron chi connectivity index (χ0n) is 18.1. The van der Waals surface area contributed by atoms with Gasteiger partial charge < -0.3 is 4.74 Å². The van der Waals surface area contributed by atoms with Gasteiger partial charge >= 0.3 is 6.18 Å². The SMILES string of the molecule is CCCCOc1cccc(N2C(=O)C(=Nc3cccc(C(F)(F)F)c3)C3=CC=CC=C2C3)c1. The molecule has 0 unspecified atom stereocenters. The Bertz CT molecular complexity index is 1180. The number of ether oxygens (including phenoxy) is 1. The summed E-state index contributed by atoms with van der Waals surface area (Å²) < 4.78 is 45.2. The Morgan fingerprint density at radius 1 is 1.06 bits per heavy atom. The summed E-state index contributed by atoms with van der Waals surface area (Å²) in [5.41, 5.74) is 1.42. The highest BCUT2D eigenvalue weighted by atomic mass is 19.4. The zero-order valence-corrected chi connectivity index (χ0v) is 18.1. The van der Waals surface area contributed by atoms with Crippen LogP contribution >= 0.6 is 0 Å². The summed E-state index contributed by atoms with van der Waals surface area (Å²) in [5.74, 6) is 0.252. The second kappa shape index (κ2) is 9.48. The van der Waals surface area contributed by atoms with Gasteiger partial charge in [-0.05, 0) is 48.4 Å². The number of allylic oxidation sites excluding steroid dienone is 5. The number of amides is 1. The number of carbonyl (C=O) groups excluding carboxylic acids is 1. The predicted octanol–water partition coefficient (Wildman–Crippen LogP) is 6.77. The first kappa shape index (κ1) is 22.6. The fourth-order valence-corrected chi connectivity index (χ4v) is 3.67. The van der Waals surface area contributed by atoms with Crippen LogP contribution in [0, 0.1) is 0 Å². The third-order valence-corrected chi connectivity index (χ3v) is 5.32. The number of carbonyl (C=O) groups is 1. The molecule has 4 nitrogen and oxygen atoms in total. The van der Waals surface area contributed by atoms with E-state index in [0.29, 0.717) is 30.0 Å². The topological polar surface area (TPSA) is 41.9 Å². The lowest BCUT2D eigenvalue weighted by Crippen LogP contribution is -2.41. The Labute approximate surface area is 190 Å². The molecule has 1 heterocycles. The third kappa shape index (κ3) is 5.08. The van der Waals surface area contributed by atoms with Gasteiger partial charge in [0, 0.05) is 18.2 Å². The van der Waals surface area contributed by atoms with Crippen molar-refractivity contribution < 1.29 is 22.7 Å². The van der Waals surface area contributed by atoms with Gasteiger partial charge in [0.05, 0.1) is 23.5 Å². The van der Waals surface area contributed by atoms with E-state index in [1.165, 1.54) is 12.1 Å². The summed E-state index contributed by atoms with van der Waals surface area (Å²) in [4.78, 5) is 19.5. The minimum atomic E-state index is -4.49. The van der Waals surface area contributed by atoms with Gasteiger partial charge in [-0.1, -0.05) is 43.7 Å². The number of alkyl halides is 3. The number of fused-ring (bicyclic) bond motifs is 2. The number of nitrogens with zero attached hydrogens (tertiary/aromatic N) is 2. The van der Waals surface area contributed by atoms with Crippen LogP contribution in [-0.2, 0) is 11.0 Å². The minimum absolute atomic E-state index is 0.0753. The Morgan fingerprint density at radius 2 is 1.85 bits per heavy atom. The first-order valence-corrected chi connectivity index (χ1v) is 10.8. The lowest BCUT2D eigenvalue weighted by atomic mass is 9.97. The largest absolute Gasteiger partial charge is 0.494 e. The number of piperidine rings is 1. The normalized spacial score (nSPS) is 17.0. The second-order valence-electron chi connectivity index (χ2n) is 7.76. The van der Waals surface area contributed by atoms with Gasteiger partial charge in [0.25, 0.3) is 5.91 Å². The Hall–Kier alpha value is -3.61. The van der Waals surface area contributed by atoms with Crippen molar-refractivity contribution in [3.8, 4) is 5.75 Å². The summed E-state index contributed by atoms with van der Waals surface area (Å²) in [6.07, 6.45) is 5.12. The molecule has 2 bridgehead atoms. The van der Waals surface area contributed by atoms with E-state index in [-0.39, 0.29) is 11.4 Å². The lowest BCUT2D eigenvalue weighted by Gasteiger charge is -2.31. The van der Waals surface area contributed by atoms with E-state index in [2.05, 4.69) is 11.9 Å². The maximum atomic E-state index is 13.6. The van der Waals surface area contributed by atoms with Crippen molar-refractivity contribution >= 4 is 23.0 Å². The van der Waals surface area contributed by atoms with Crippen molar-refractivity contribution in [2.24, 2.45) is 4.99 Å². The van der Waals surface area contributed by atoms with Crippen LogP contribution in [0.25, 0.3) is 0 Å². The average molecular weight is 452 g/mol. The summed E-state index contributed by atoms with van der Waals surface area (Å²) in [6, 6.07) is 11.9. The van der Waals surface area contributed by atoms with Crippen LogP contribution in [0.1, 0.15) is 31.7 Å². The van der Waals surface area contributed by atoms with Gasteiger partial charge in [0.2, 0.25) is 0 Å². The van der Waals surface area contributed by atoms with Gasteiger partial charge in [0.1, 0.15) is 11.5 Å². The van der Waals surface area contributed by atoms with E-state index < -0.39 is 17.6 Å². The van der Waals surface area contributed by atoms with Crippen LogP contribution in [0.4, 0.5) is 24.5 Å². The Morgan fingerprint density at radius 3 is 2.64 bits per heavy atom. The van der Waals surface area contributed by atoms with Crippen LogP contribution in [-0.4, -0.2) is 18.2 Å². The fourth-order valence-electron chi connectivity index (χ4n) is 3.67. The van der Waals surface area contributed by atoms with E-state index in [4.69, 9.17) is 4.74 Å². The maximum Gasteiger partial charge on any atom is 0.416 e. The van der Waals surface area contributed by atoms with Gasteiger partial charge in [-0.3, -0.25) is 9.69 Å². The van der Waals surface area contributed by atoms with Gasteiger partial charge in [-0.2, -0.15) is 13.2 Å². The number of benzene rings is 2. The van der Waals surface area contributed by atoms with Crippen LogP contribution in [0.2, 0.25) is 0 Å². The molecule has 0 N–H and O–H groups in total. The molecule has 2 aromatic carbocycles. The quantitative estimate of drug-likeness (QED) is 0.454. The highest BCUT2D eigenvalue weighted by Crippen LogP contribution is 2.35. The molecule has 7 heteroatoms. The van der Waals surface area contributed by atoms with Crippen LogP contribution in [0.15, 0.2) is 89.1 Å². The van der Waals surface area contributed by atoms with Crippen molar-refractivity contribution in [3.63, 3.8) is 0 Å². The molecular formula is C26H23F3N2O2. The van der Waals surface area contributed by atoms with Gasteiger partial charge in [-0.25, -0.2) is 4.99 Å². The molecule has 0 atom stereocenters. The molecule has 2 aliphatic rings. The summed E-state index contributed by atoms with van der Waals surface area (Å²) in [5, 5.41) is 0. The van der Waals surface area contributed by atoms with E-state index in [0.717, 1.165) is 30.7 Å². The summed E-state index contributed by atoms with van der Waals surface area (Å²) in [7, 11) is 0. The fraction of sp³-hybridized carbons (Fsp3) is 0.231. The second-order valence-corrected chi connectivity index (χ2v) is 7.76. The van der Waals surface area contributed by atoms with Crippen molar-refractivity contribution in [1.29, 1.82) is 0 Å². The number of aliphatic imine (C=N–C) groups is 1. The molecule has 170 valence electrons. The predicted molar refractivity (Wildman–Crippen MR) is 123 cm³/mol. The van der Waals surface area contributed by atoms with E-state index >= 15 is 0 Å². The van der Waals surface area contributed by atoms with Crippen molar-refractivity contribution in [3.05, 3.63) is 89.7 Å². The summed E-state index contributed by atoms with van der Waals surface area (Å²) in [6.45, 7) is 2.66. The van der Waals surface area contributed by atoms with E-state index in [1.54, 1.807) is 29.2 Å². The number of unbranched alkanes of at least 4 members (excludes halogenated alkanes) is 1. The molecule has 1 aliphatic heterocycles. The maximum absolute atomic E-state index is 13.6. The van der Waals surface area contributed by atoms with E-state index in [9.17, 15) is 18.0 Å². The molecule has 33 heavy (non-hydrogen) atoms. The highest BCUT2D eigenvalue weighted by Gasteiger charge is 2.34. The lowest BCUT2D eigenvalue weighted by molar-refractivity contribution is -0.137. The molecule has 1 aliphatic carbocycles. The van der Waals surface area contributed by atoms with Crippen LogP contribution < -0.4 is 9.64 Å². The summed E-state index contributed by atoms with van der Waals surface area (Å²) >= 11 is 0. The van der Waals surface area contributed by atoms with Crippen LogP contribution in [0.5, 0.6) is 5.75 Å². The molecule has 1 amide bonds. The number of rotatable bonds is 6. The molecule has 4 rings (SSSR count). The zero-order chi connectivity index (χ0) is 23.4. The standard InChI is InChI=1S/C26H23F3N2O2/c1-2-3-14-33-23-13-7-12-22(17-23)31-21-11-5-4-8-18(15-21)24(25(31)32)30-20-10-6-9-19(16-20)26(27,28)29/h4-13,16-17H,2-3,14-15H2,1H3. The first-order chi connectivity index (χ1) is 15.9. The molecular weight excluding hydrogens is 429 g/mol. The third-order valence-electron chi connectivity index (χ3n) is 5.32. The first-order valence-electron chi connectivity index (χ1n) is 10.8. The molecule has 0 saturated carbocycles. The molecule has 0 aromatic heterocycles.